The predicted octanol–water partition coefficient (Wildman–Crippen LogP) is 0.385. The molecule has 0 aromatic heterocycles. The number of ether oxygens (including phenoxy) is 1. The number of carbonyl (C=O) groups is 1. The SMILES string of the molecule is CCS(=O)(=O)NC(CCSC)C(=O)NCc1ccc(S(=O)(=O)N2CCOCC2)cc1. The third kappa shape index (κ3) is 7.20. The van der Waals surface area contributed by atoms with E-state index in [-0.39, 0.29) is 17.2 Å². The van der Waals surface area contributed by atoms with Gasteiger partial charge >= 0.3 is 0 Å². The summed E-state index contributed by atoms with van der Waals surface area (Å²) < 4.78 is 58.0. The monoisotopic (exact) mass is 479 g/mol. The van der Waals surface area contributed by atoms with E-state index >= 15 is 0 Å². The van der Waals surface area contributed by atoms with Crippen molar-refractivity contribution in [3.05, 3.63) is 29.8 Å². The van der Waals surface area contributed by atoms with Gasteiger partial charge in [0.1, 0.15) is 6.04 Å². The van der Waals surface area contributed by atoms with Gasteiger partial charge in [-0.1, -0.05) is 12.1 Å². The fourth-order valence-electron chi connectivity index (χ4n) is 2.81. The van der Waals surface area contributed by atoms with E-state index in [0.717, 1.165) is 0 Å². The molecular formula is C18H29N3O6S3. The molecule has 0 bridgehead atoms. The van der Waals surface area contributed by atoms with Crippen molar-refractivity contribution in [2.45, 2.75) is 30.8 Å². The third-order valence-corrected chi connectivity index (χ3v) is 8.59. The van der Waals surface area contributed by atoms with Gasteiger partial charge in [0.25, 0.3) is 0 Å². The molecule has 1 aliphatic heterocycles. The second kappa shape index (κ2) is 11.4. The topological polar surface area (TPSA) is 122 Å². The molecule has 0 aliphatic carbocycles. The molecule has 12 heteroatoms. The average Bonchev–Trinajstić information content (AvgIpc) is 2.75. The van der Waals surface area contributed by atoms with Crippen molar-refractivity contribution in [1.29, 1.82) is 0 Å². The molecule has 2 rings (SSSR count). The second-order valence-corrected chi connectivity index (χ2v) is 11.7. The van der Waals surface area contributed by atoms with Crippen LogP contribution >= 0.6 is 11.8 Å². The molecule has 0 radical (unpaired) electrons. The van der Waals surface area contributed by atoms with Crippen LogP contribution in [0.2, 0.25) is 0 Å². The third-order valence-electron chi connectivity index (χ3n) is 4.63. The summed E-state index contributed by atoms with van der Waals surface area (Å²) in [6, 6.07) is 5.46. The molecule has 1 unspecified atom stereocenters. The first-order valence-corrected chi connectivity index (χ1v) is 14.1. The van der Waals surface area contributed by atoms with Crippen molar-refractivity contribution < 1.29 is 26.4 Å². The van der Waals surface area contributed by atoms with Crippen molar-refractivity contribution in [3.63, 3.8) is 0 Å². The Morgan fingerprint density at radius 2 is 1.80 bits per heavy atom. The first-order chi connectivity index (χ1) is 14.2. The van der Waals surface area contributed by atoms with Crippen molar-refractivity contribution in [3.8, 4) is 0 Å². The number of hydrogen-bond acceptors (Lipinski definition) is 7. The maximum absolute atomic E-state index is 12.6. The number of nitrogens with zero attached hydrogens (tertiary/aromatic N) is 1. The molecule has 0 spiro atoms. The maximum Gasteiger partial charge on any atom is 0.243 e. The van der Waals surface area contributed by atoms with Crippen molar-refractivity contribution in [2.24, 2.45) is 0 Å². The van der Waals surface area contributed by atoms with E-state index in [4.69, 9.17) is 4.74 Å². The van der Waals surface area contributed by atoms with Crippen molar-refractivity contribution in [1.82, 2.24) is 14.3 Å². The van der Waals surface area contributed by atoms with Crippen LogP contribution in [0.3, 0.4) is 0 Å². The normalized spacial score (nSPS) is 16.9. The highest BCUT2D eigenvalue weighted by Gasteiger charge is 2.26. The van der Waals surface area contributed by atoms with Gasteiger partial charge in [0.15, 0.2) is 0 Å². The number of amides is 1. The minimum atomic E-state index is -3.57. The molecule has 9 nitrogen and oxygen atoms in total. The molecule has 1 aliphatic rings. The first-order valence-electron chi connectivity index (χ1n) is 9.63. The largest absolute Gasteiger partial charge is 0.379 e. The Hall–Kier alpha value is -1.18. The van der Waals surface area contributed by atoms with Crippen LogP contribution in [0.4, 0.5) is 0 Å². The van der Waals surface area contributed by atoms with Crippen LogP contribution in [-0.2, 0) is 36.1 Å². The highest BCUT2D eigenvalue weighted by atomic mass is 32.2. The van der Waals surface area contributed by atoms with Crippen LogP contribution < -0.4 is 10.0 Å². The van der Waals surface area contributed by atoms with Gasteiger partial charge in [0, 0.05) is 19.6 Å². The minimum absolute atomic E-state index is 0.102. The summed E-state index contributed by atoms with van der Waals surface area (Å²) in [7, 11) is -7.08. The molecule has 1 heterocycles. The van der Waals surface area contributed by atoms with Crippen LogP contribution in [0, 0.1) is 0 Å². The Morgan fingerprint density at radius 3 is 2.37 bits per heavy atom. The maximum atomic E-state index is 12.6. The Bertz CT molecular complexity index is 898. The number of sulfonamides is 2. The molecule has 1 atom stereocenters. The van der Waals surface area contributed by atoms with Gasteiger partial charge in [-0.05, 0) is 43.0 Å². The van der Waals surface area contributed by atoms with Crippen molar-refractivity contribution in [2.75, 3.05) is 44.1 Å². The molecule has 1 aromatic carbocycles. The number of carbonyl (C=O) groups excluding carboxylic acids is 1. The Morgan fingerprint density at radius 1 is 1.17 bits per heavy atom. The Labute approximate surface area is 183 Å². The molecule has 30 heavy (non-hydrogen) atoms. The van der Waals surface area contributed by atoms with Crippen LogP contribution in [0.15, 0.2) is 29.2 Å². The van der Waals surface area contributed by atoms with Crippen LogP contribution in [0.1, 0.15) is 18.9 Å². The fraction of sp³-hybridized carbons (Fsp3) is 0.611. The summed E-state index contributed by atoms with van der Waals surface area (Å²) >= 11 is 1.53. The van der Waals surface area contributed by atoms with Gasteiger partial charge in [-0.2, -0.15) is 16.1 Å². The number of thioether (sulfide) groups is 1. The zero-order valence-corrected chi connectivity index (χ0v) is 19.6. The summed E-state index contributed by atoms with van der Waals surface area (Å²) in [4.78, 5) is 12.7. The van der Waals surface area contributed by atoms with E-state index in [1.54, 1.807) is 12.1 Å². The fourth-order valence-corrected chi connectivity index (χ4v) is 5.51. The molecule has 1 aromatic rings. The molecule has 1 saturated heterocycles. The standard InChI is InChI=1S/C18H29N3O6S3/c1-3-29(23,24)20-17(8-13-28-2)18(22)19-14-15-4-6-16(7-5-15)30(25,26)21-9-11-27-12-10-21/h4-7,17,20H,3,8-14H2,1-2H3,(H,19,22). The highest BCUT2D eigenvalue weighted by Crippen LogP contribution is 2.17. The highest BCUT2D eigenvalue weighted by molar-refractivity contribution is 7.98. The lowest BCUT2D eigenvalue weighted by Crippen LogP contribution is -2.47. The number of morpholine rings is 1. The van der Waals surface area contributed by atoms with Gasteiger partial charge in [-0.3, -0.25) is 4.79 Å². The van der Waals surface area contributed by atoms with Crippen LogP contribution in [0.25, 0.3) is 0 Å². The summed E-state index contributed by atoms with van der Waals surface area (Å²) in [5, 5.41) is 2.72. The van der Waals surface area contributed by atoms with Gasteiger partial charge in [0.05, 0.1) is 23.9 Å². The number of rotatable bonds is 11. The van der Waals surface area contributed by atoms with E-state index in [0.29, 0.717) is 44.0 Å². The molecule has 170 valence electrons. The Balaban J connectivity index is 1.99. The van der Waals surface area contributed by atoms with Gasteiger partial charge in [-0.25, -0.2) is 21.6 Å². The second-order valence-electron chi connectivity index (χ2n) is 6.73. The molecule has 1 amide bonds. The van der Waals surface area contributed by atoms with Gasteiger partial charge < -0.3 is 10.1 Å². The van der Waals surface area contributed by atoms with Gasteiger partial charge in [-0.15, -0.1) is 0 Å². The summed E-state index contributed by atoms with van der Waals surface area (Å²) in [5.74, 6) is 0.124. The van der Waals surface area contributed by atoms with E-state index in [2.05, 4.69) is 10.0 Å². The smallest absolute Gasteiger partial charge is 0.243 e. The van der Waals surface area contributed by atoms with E-state index in [9.17, 15) is 21.6 Å². The summed E-state index contributed by atoms with van der Waals surface area (Å²) in [5.41, 5.74) is 0.714. The molecule has 0 saturated carbocycles. The molecular weight excluding hydrogens is 450 g/mol. The number of nitrogens with one attached hydrogen (secondary N) is 2. The first kappa shape index (κ1) is 25.1. The predicted molar refractivity (Wildman–Crippen MR) is 117 cm³/mol. The summed E-state index contributed by atoms with van der Waals surface area (Å²) in [6.45, 7) is 3.08. The number of hydrogen-bond donors (Lipinski definition) is 2. The lowest BCUT2D eigenvalue weighted by atomic mass is 10.2. The zero-order chi connectivity index (χ0) is 22.2. The minimum Gasteiger partial charge on any atom is -0.379 e. The molecule has 1 fully saturated rings. The average molecular weight is 480 g/mol. The van der Waals surface area contributed by atoms with Gasteiger partial charge in [0.2, 0.25) is 26.0 Å². The Kier molecular flexibility index (Phi) is 9.57. The van der Waals surface area contributed by atoms with E-state index in [1.807, 2.05) is 6.26 Å². The quantitative estimate of drug-likeness (QED) is 0.471. The van der Waals surface area contributed by atoms with E-state index < -0.39 is 32.0 Å². The van der Waals surface area contributed by atoms with Crippen LogP contribution in [0.5, 0.6) is 0 Å². The molecule has 2 N–H and O–H groups in total. The lowest BCUT2D eigenvalue weighted by molar-refractivity contribution is -0.122. The lowest BCUT2D eigenvalue weighted by Gasteiger charge is -2.26. The van der Waals surface area contributed by atoms with Crippen molar-refractivity contribution >= 4 is 37.7 Å². The summed E-state index contributed by atoms with van der Waals surface area (Å²) in [6.07, 6.45) is 2.26. The van der Waals surface area contributed by atoms with E-state index in [1.165, 1.54) is 35.1 Å². The number of benzene rings is 1. The van der Waals surface area contributed by atoms with Crippen LogP contribution in [-0.4, -0.2) is 77.2 Å². The zero-order valence-electron chi connectivity index (χ0n) is 17.2.